The molecule has 0 radical (unpaired) electrons. The van der Waals surface area contributed by atoms with E-state index in [9.17, 15) is 4.79 Å². The van der Waals surface area contributed by atoms with E-state index in [0.717, 1.165) is 25.7 Å². The molecule has 214 valence electrons. The molecule has 1 rings (SSSR count). The maximum Gasteiger partial charge on any atom is 0.313 e. The fraction of sp³-hybridized carbons (Fsp3) is 0.968. The van der Waals surface area contributed by atoms with E-state index in [4.69, 9.17) is 9.16 Å². The van der Waals surface area contributed by atoms with Gasteiger partial charge in [0.05, 0.1) is 13.1 Å². The van der Waals surface area contributed by atoms with Gasteiger partial charge in [0.1, 0.15) is 6.10 Å². The molecule has 0 aromatic rings. The average molecular weight is 541 g/mol. The molecule has 1 saturated heterocycles. The Morgan fingerprint density at radius 1 is 0.806 bits per heavy atom. The van der Waals surface area contributed by atoms with Gasteiger partial charge in [0, 0.05) is 12.5 Å². The van der Waals surface area contributed by atoms with Crippen LogP contribution in [0.15, 0.2) is 0 Å². The summed E-state index contributed by atoms with van der Waals surface area (Å²) in [6, 6.07) is 0. The van der Waals surface area contributed by atoms with Gasteiger partial charge in [0.25, 0.3) is 0 Å². The Kier molecular flexibility index (Phi) is 14.5. The average Bonchev–Trinajstić information content (AvgIpc) is 2.75. The standard InChI is InChI=1S/C31H64O3Si2/c1-11-13-15-17-18-19-20-21-22-24-27(34-36(9,10)30(3,4)5)26-28-31(29(32)33-28,35(6,7)8)25-23-16-14-12-2/h27-28H,11-26H2,1-10H3/t27-,28+,31-/m1/s1. The Bertz CT molecular complexity index is 620. The SMILES string of the molecule is CCCCCCCCCCC[C@H](C[C@@H]1OC(=O)[C@]1(CCCCCC)[Si](C)(C)C)O[Si](C)(C)C(C)(C)C. The molecule has 0 aromatic heterocycles. The van der Waals surface area contributed by atoms with E-state index in [2.05, 4.69) is 67.4 Å². The van der Waals surface area contributed by atoms with Crippen LogP contribution in [0, 0.1) is 0 Å². The first-order valence-corrected chi connectivity index (χ1v) is 22.0. The molecule has 0 spiro atoms. The van der Waals surface area contributed by atoms with Crippen molar-refractivity contribution in [3.63, 3.8) is 0 Å². The zero-order valence-electron chi connectivity index (χ0n) is 26.2. The van der Waals surface area contributed by atoms with E-state index in [0.29, 0.717) is 0 Å². The minimum Gasteiger partial charge on any atom is -0.461 e. The molecule has 5 heteroatoms. The van der Waals surface area contributed by atoms with E-state index in [1.165, 1.54) is 77.0 Å². The highest BCUT2D eigenvalue weighted by atomic mass is 28.4. The molecular formula is C31H64O3Si2. The summed E-state index contributed by atoms with van der Waals surface area (Å²) in [5.74, 6) is 0.0947. The second-order valence-corrected chi connectivity index (χ2v) is 24.4. The van der Waals surface area contributed by atoms with Crippen LogP contribution in [-0.4, -0.2) is 34.6 Å². The zero-order valence-corrected chi connectivity index (χ0v) is 28.2. The summed E-state index contributed by atoms with van der Waals surface area (Å²) in [4.78, 5) is 13.1. The van der Waals surface area contributed by atoms with Gasteiger partial charge in [-0.1, -0.05) is 138 Å². The molecule has 1 heterocycles. The molecule has 1 fully saturated rings. The molecule has 0 saturated carbocycles. The van der Waals surface area contributed by atoms with Crippen molar-refractivity contribution < 1.29 is 14.0 Å². The number of ether oxygens (including phenoxy) is 1. The molecule has 1 aliphatic heterocycles. The highest BCUT2D eigenvalue weighted by Gasteiger charge is 2.64. The smallest absolute Gasteiger partial charge is 0.313 e. The minimum atomic E-state index is -1.89. The third kappa shape index (κ3) is 9.87. The molecule has 36 heavy (non-hydrogen) atoms. The molecule has 0 amide bonds. The Morgan fingerprint density at radius 2 is 1.28 bits per heavy atom. The largest absolute Gasteiger partial charge is 0.461 e. The number of hydrogen-bond donors (Lipinski definition) is 0. The summed E-state index contributed by atoms with van der Waals surface area (Å²) in [6.45, 7) is 23.4. The van der Waals surface area contributed by atoms with Crippen LogP contribution in [-0.2, 0) is 14.0 Å². The topological polar surface area (TPSA) is 35.5 Å². The number of unbranched alkanes of at least 4 members (excludes halogenated alkanes) is 11. The van der Waals surface area contributed by atoms with E-state index < -0.39 is 16.4 Å². The lowest BCUT2D eigenvalue weighted by Crippen LogP contribution is -2.63. The van der Waals surface area contributed by atoms with Crippen LogP contribution in [0.2, 0.25) is 42.8 Å². The van der Waals surface area contributed by atoms with Crippen LogP contribution in [0.3, 0.4) is 0 Å². The third-order valence-electron chi connectivity index (χ3n) is 9.30. The molecule has 0 N–H and O–H groups in total. The zero-order chi connectivity index (χ0) is 27.5. The van der Waals surface area contributed by atoms with E-state index >= 15 is 0 Å². The number of hydrogen-bond acceptors (Lipinski definition) is 3. The van der Waals surface area contributed by atoms with Gasteiger partial charge in [-0.25, -0.2) is 0 Å². The number of esters is 1. The summed E-state index contributed by atoms with van der Waals surface area (Å²) in [5, 5.41) is -0.0374. The van der Waals surface area contributed by atoms with Crippen LogP contribution < -0.4 is 0 Å². The summed E-state index contributed by atoms with van der Waals surface area (Å²) < 4.78 is 13.0. The maximum absolute atomic E-state index is 13.1. The first-order chi connectivity index (χ1) is 16.7. The monoisotopic (exact) mass is 540 g/mol. The van der Waals surface area contributed by atoms with Gasteiger partial charge in [0.15, 0.2) is 8.32 Å². The van der Waals surface area contributed by atoms with Gasteiger partial charge in [-0.05, 0) is 31.0 Å². The van der Waals surface area contributed by atoms with E-state index in [-0.39, 0.29) is 28.3 Å². The molecule has 1 aliphatic rings. The minimum absolute atomic E-state index is 0.0478. The van der Waals surface area contributed by atoms with Crippen LogP contribution in [0.5, 0.6) is 0 Å². The quantitative estimate of drug-likeness (QED) is 0.0875. The van der Waals surface area contributed by atoms with Crippen LogP contribution in [0.4, 0.5) is 0 Å². The van der Waals surface area contributed by atoms with Crippen molar-refractivity contribution in [2.45, 2.75) is 192 Å². The van der Waals surface area contributed by atoms with Crippen molar-refractivity contribution in [2.75, 3.05) is 0 Å². The van der Waals surface area contributed by atoms with Gasteiger partial charge < -0.3 is 9.16 Å². The lowest BCUT2D eigenvalue weighted by molar-refractivity contribution is -0.186. The number of carbonyl (C=O) groups is 1. The normalized spacial score (nSPS) is 21.8. The Morgan fingerprint density at radius 3 is 1.72 bits per heavy atom. The van der Waals surface area contributed by atoms with Gasteiger partial charge in [0.2, 0.25) is 0 Å². The first-order valence-electron chi connectivity index (χ1n) is 15.6. The lowest BCUT2D eigenvalue weighted by Gasteiger charge is -2.55. The summed E-state index contributed by atoms with van der Waals surface area (Å²) >= 11 is 0. The van der Waals surface area contributed by atoms with Crippen LogP contribution in [0.1, 0.15) is 137 Å². The van der Waals surface area contributed by atoms with Crippen molar-refractivity contribution >= 4 is 22.4 Å². The predicted molar refractivity (Wildman–Crippen MR) is 163 cm³/mol. The van der Waals surface area contributed by atoms with Crippen molar-refractivity contribution in [2.24, 2.45) is 0 Å². The Labute approximate surface area is 228 Å². The molecular weight excluding hydrogens is 477 g/mol. The fourth-order valence-corrected chi connectivity index (χ4v) is 9.80. The summed E-state index contributed by atoms with van der Waals surface area (Å²) in [7, 11) is -3.65. The molecule has 0 aliphatic carbocycles. The molecule has 3 nitrogen and oxygen atoms in total. The van der Waals surface area contributed by atoms with Crippen molar-refractivity contribution in [3.05, 3.63) is 0 Å². The maximum atomic E-state index is 13.1. The molecule has 0 bridgehead atoms. The van der Waals surface area contributed by atoms with E-state index in [1.807, 2.05) is 0 Å². The van der Waals surface area contributed by atoms with Crippen LogP contribution >= 0.6 is 0 Å². The lowest BCUT2D eigenvalue weighted by atomic mass is 9.85. The highest BCUT2D eigenvalue weighted by molar-refractivity contribution is 6.83. The first kappa shape index (κ1) is 33.9. The third-order valence-corrected chi connectivity index (χ3v) is 17.3. The fourth-order valence-electron chi connectivity index (χ4n) is 5.66. The van der Waals surface area contributed by atoms with Gasteiger partial charge in [-0.3, -0.25) is 4.79 Å². The highest BCUT2D eigenvalue weighted by Crippen LogP contribution is 2.57. The van der Waals surface area contributed by atoms with Crippen molar-refractivity contribution in [1.82, 2.24) is 0 Å². The second-order valence-electron chi connectivity index (χ2n) is 14.3. The predicted octanol–water partition coefficient (Wildman–Crippen LogP) is 10.7. The Hall–Kier alpha value is -0.136. The van der Waals surface area contributed by atoms with Gasteiger partial charge in [-0.15, -0.1) is 0 Å². The number of cyclic esters (lactones) is 1. The molecule has 0 aromatic carbocycles. The number of rotatable bonds is 20. The van der Waals surface area contributed by atoms with Gasteiger partial charge in [-0.2, -0.15) is 0 Å². The second kappa shape index (κ2) is 15.5. The Balaban J connectivity index is 2.83. The summed E-state index contributed by atoms with van der Waals surface area (Å²) in [6.07, 6.45) is 20.3. The summed E-state index contributed by atoms with van der Waals surface area (Å²) in [5.41, 5.74) is 0. The van der Waals surface area contributed by atoms with E-state index in [1.54, 1.807) is 0 Å². The van der Waals surface area contributed by atoms with Crippen molar-refractivity contribution in [1.29, 1.82) is 0 Å². The molecule has 0 unspecified atom stereocenters. The number of carbonyl (C=O) groups excluding carboxylic acids is 1. The molecule has 3 atom stereocenters. The van der Waals surface area contributed by atoms with Gasteiger partial charge >= 0.3 is 5.97 Å². The van der Waals surface area contributed by atoms with Crippen LogP contribution in [0.25, 0.3) is 0 Å². The van der Waals surface area contributed by atoms with Crippen molar-refractivity contribution in [3.8, 4) is 0 Å².